The molecule has 1 heterocycles. The average Bonchev–Trinajstić information content (AvgIpc) is 2.76. The minimum absolute atomic E-state index is 0.349. The van der Waals surface area contributed by atoms with Gasteiger partial charge in [-0.15, -0.1) is 0 Å². The zero-order chi connectivity index (χ0) is 13.9. The highest BCUT2D eigenvalue weighted by molar-refractivity contribution is 6.06. The fraction of sp³-hybridized carbons (Fsp3) is 0. The molecule has 0 atom stereocenters. The number of hydrogen-bond acceptors (Lipinski definition) is 3. The van der Waals surface area contributed by atoms with Gasteiger partial charge in [0, 0.05) is 0 Å². The second-order valence-corrected chi connectivity index (χ2v) is 4.40. The van der Waals surface area contributed by atoms with Crippen LogP contribution in [0.3, 0.4) is 0 Å². The Morgan fingerprint density at radius 2 is 1.50 bits per heavy atom. The van der Waals surface area contributed by atoms with Crippen molar-refractivity contribution < 1.29 is 14.6 Å². The number of carbonyl (C=O) groups is 1. The van der Waals surface area contributed by atoms with E-state index in [1.54, 1.807) is 6.08 Å². The van der Waals surface area contributed by atoms with Crippen LogP contribution in [-0.4, -0.2) is 11.1 Å². The molecule has 98 valence electrons. The van der Waals surface area contributed by atoms with Crippen molar-refractivity contribution in [3.63, 3.8) is 0 Å². The van der Waals surface area contributed by atoms with Crippen molar-refractivity contribution in [3.05, 3.63) is 83.3 Å². The number of aliphatic hydroxyl groups is 1. The summed E-state index contributed by atoms with van der Waals surface area (Å²) in [5.74, 6) is -0.700. The Balaban J connectivity index is 2.09. The average molecular weight is 264 g/mol. The summed E-state index contributed by atoms with van der Waals surface area (Å²) in [6.07, 6.45) is 1.74. The van der Waals surface area contributed by atoms with Gasteiger partial charge in [-0.3, -0.25) is 0 Å². The number of ether oxygens (including phenoxy) is 1. The lowest BCUT2D eigenvalue weighted by molar-refractivity contribution is -0.135. The number of allylic oxidation sites excluding steroid dienone is 1. The Bertz CT molecular complexity index is 698. The second kappa shape index (κ2) is 5.05. The highest BCUT2D eigenvalue weighted by Crippen LogP contribution is 2.34. The molecule has 0 unspecified atom stereocenters. The van der Waals surface area contributed by atoms with Crippen LogP contribution in [0.25, 0.3) is 11.6 Å². The smallest absolute Gasteiger partial charge is 0.379 e. The first-order valence-electron chi connectivity index (χ1n) is 6.23. The van der Waals surface area contributed by atoms with Crippen molar-refractivity contribution in [1.29, 1.82) is 0 Å². The first kappa shape index (κ1) is 12.2. The third-order valence-corrected chi connectivity index (χ3v) is 3.04. The summed E-state index contributed by atoms with van der Waals surface area (Å²) < 4.78 is 5.14. The summed E-state index contributed by atoms with van der Waals surface area (Å²) in [5.41, 5.74) is 2.08. The predicted molar refractivity (Wildman–Crippen MR) is 76.5 cm³/mol. The van der Waals surface area contributed by atoms with E-state index in [1.165, 1.54) is 0 Å². The van der Waals surface area contributed by atoms with Crippen LogP contribution in [0.2, 0.25) is 0 Å². The molecule has 0 aliphatic carbocycles. The fourth-order valence-electron chi connectivity index (χ4n) is 2.10. The molecule has 0 amide bonds. The molecule has 1 aliphatic rings. The minimum Gasteiger partial charge on any atom is -0.501 e. The van der Waals surface area contributed by atoms with Gasteiger partial charge < -0.3 is 9.84 Å². The summed E-state index contributed by atoms with van der Waals surface area (Å²) in [6.45, 7) is 0. The van der Waals surface area contributed by atoms with Gasteiger partial charge in [-0.05, 0) is 17.2 Å². The quantitative estimate of drug-likeness (QED) is 0.844. The van der Waals surface area contributed by atoms with Crippen molar-refractivity contribution in [3.8, 4) is 0 Å². The third-order valence-electron chi connectivity index (χ3n) is 3.04. The molecular weight excluding hydrogens is 252 g/mol. The Labute approximate surface area is 116 Å². The van der Waals surface area contributed by atoms with Gasteiger partial charge in [0.25, 0.3) is 0 Å². The lowest BCUT2D eigenvalue weighted by atomic mass is 10.0. The molecule has 1 aliphatic heterocycles. The van der Waals surface area contributed by atoms with Gasteiger partial charge in [0.05, 0.1) is 5.57 Å². The minimum atomic E-state index is -0.717. The summed E-state index contributed by atoms with van der Waals surface area (Å²) >= 11 is 0. The van der Waals surface area contributed by atoms with Crippen molar-refractivity contribution in [2.45, 2.75) is 0 Å². The van der Waals surface area contributed by atoms with Crippen LogP contribution in [0.4, 0.5) is 0 Å². The molecule has 3 heteroatoms. The van der Waals surface area contributed by atoms with E-state index in [9.17, 15) is 9.90 Å². The Morgan fingerprint density at radius 1 is 0.900 bits per heavy atom. The van der Waals surface area contributed by atoms with Crippen LogP contribution in [-0.2, 0) is 9.53 Å². The maximum absolute atomic E-state index is 11.6. The molecule has 0 saturated heterocycles. The molecule has 0 saturated carbocycles. The SMILES string of the molecule is O=C1O/C(=C\c2ccccc2)C(c2ccccc2)=C1O. The zero-order valence-corrected chi connectivity index (χ0v) is 10.6. The first-order chi connectivity index (χ1) is 9.75. The highest BCUT2D eigenvalue weighted by atomic mass is 16.6. The number of benzene rings is 2. The maximum atomic E-state index is 11.6. The number of aliphatic hydroxyl groups excluding tert-OH is 1. The van der Waals surface area contributed by atoms with Gasteiger partial charge in [0.15, 0.2) is 0 Å². The number of esters is 1. The topological polar surface area (TPSA) is 46.5 Å². The number of hydrogen-bond donors (Lipinski definition) is 1. The van der Waals surface area contributed by atoms with Crippen molar-refractivity contribution >= 4 is 17.6 Å². The second-order valence-electron chi connectivity index (χ2n) is 4.40. The molecule has 0 spiro atoms. The van der Waals surface area contributed by atoms with E-state index >= 15 is 0 Å². The molecule has 0 fully saturated rings. The molecule has 20 heavy (non-hydrogen) atoms. The van der Waals surface area contributed by atoms with Crippen LogP contribution < -0.4 is 0 Å². The Morgan fingerprint density at radius 3 is 2.15 bits per heavy atom. The van der Waals surface area contributed by atoms with Crippen molar-refractivity contribution in [2.24, 2.45) is 0 Å². The Kier molecular flexibility index (Phi) is 3.09. The van der Waals surface area contributed by atoms with Crippen LogP contribution in [0, 0.1) is 0 Å². The van der Waals surface area contributed by atoms with E-state index in [2.05, 4.69) is 0 Å². The standard InChI is InChI=1S/C17H12O3/c18-16-15(13-9-5-2-6-10-13)14(20-17(16)19)11-12-7-3-1-4-8-12/h1-11,18H/b14-11-. The maximum Gasteiger partial charge on any atom is 0.379 e. The summed E-state index contributed by atoms with van der Waals surface area (Å²) in [7, 11) is 0. The summed E-state index contributed by atoms with van der Waals surface area (Å²) in [6, 6.07) is 18.7. The van der Waals surface area contributed by atoms with E-state index in [0.717, 1.165) is 11.1 Å². The number of cyclic esters (lactones) is 1. The molecule has 3 rings (SSSR count). The lowest BCUT2D eigenvalue weighted by Gasteiger charge is -2.04. The van der Waals surface area contributed by atoms with E-state index < -0.39 is 5.97 Å². The van der Waals surface area contributed by atoms with E-state index in [-0.39, 0.29) is 5.76 Å². The first-order valence-corrected chi connectivity index (χ1v) is 6.23. The van der Waals surface area contributed by atoms with Crippen LogP contribution >= 0.6 is 0 Å². The summed E-state index contributed by atoms with van der Waals surface area (Å²) in [4.78, 5) is 11.6. The van der Waals surface area contributed by atoms with Gasteiger partial charge in [0.2, 0.25) is 5.76 Å². The normalized spacial score (nSPS) is 16.6. The lowest BCUT2D eigenvalue weighted by Crippen LogP contribution is -1.96. The molecule has 0 aromatic heterocycles. The molecular formula is C17H12O3. The molecule has 2 aromatic carbocycles. The van der Waals surface area contributed by atoms with Crippen molar-refractivity contribution in [2.75, 3.05) is 0 Å². The van der Waals surface area contributed by atoms with Crippen molar-refractivity contribution in [1.82, 2.24) is 0 Å². The van der Waals surface area contributed by atoms with E-state index in [0.29, 0.717) is 11.3 Å². The Hall–Kier alpha value is -2.81. The van der Waals surface area contributed by atoms with Gasteiger partial charge in [0.1, 0.15) is 5.76 Å². The number of carbonyl (C=O) groups excluding carboxylic acids is 1. The number of rotatable bonds is 2. The largest absolute Gasteiger partial charge is 0.501 e. The van der Waals surface area contributed by atoms with Crippen LogP contribution in [0.5, 0.6) is 0 Å². The molecule has 3 nitrogen and oxygen atoms in total. The van der Waals surface area contributed by atoms with E-state index in [4.69, 9.17) is 4.74 Å². The van der Waals surface area contributed by atoms with E-state index in [1.807, 2.05) is 60.7 Å². The monoisotopic (exact) mass is 264 g/mol. The molecule has 2 aromatic rings. The van der Waals surface area contributed by atoms with Gasteiger partial charge in [-0.1, -0.05) is 60.7 Å². The van der Waals surface area contributed by atoms with Gasteiger partial charge in [-0.2, -0.15) is 0 Å². The van der Waals surface area contributed by atoms with Gasteiger partial charge in [-0.25, -0.2) is 4.79 Å². The molecule has 0 radical (unpaired) electrons. The summed E-state index contributed by atoms with van der Waals surface area (Å²) in [5, 5.41) is 9.92. The van der Waals surface area contributed by atoms with Gasteiger partial charge >= 0.3 is 5.97 Å². The van der Waals surface area contributed by atoms with Crippen LogP contribution in [0.15, 0.2) is 72.2 Å². The molecule has 0 bridgehead atoms. The fourth-order valence-corrected chi connectivity index (χ4v) is 2.10. The molecule has 1 N–H and O–H groups in total. The zero-order valence-electron chi connectivity index (χ0n) is 10.6. The predicted octanol–water partition coefficient (Wildman–Crippen LogP) is 3.55. The highest BCUT2D eigenvalue weighted by Gasteiger charge is 2.30. The third kappa shape index (κ3) is 2.21. The van der Waals surface area contributed by atoms with Crippen LogP contribution in [0.1, 0.15) is 11.1 Å².